The molecule has 0 aliphatic heterocycles. The predicted molar refractivity (Wildman–Crippen MR) is 75.5 cm³/mol. The van der Waals surface area contributed by atoms with Gasteiger partial charge in [-0.05, 0) is 17.7 Å². The Kier molecular flexibility index (Phi) is 5.38. The van der Waals surface area contributed by atoms with E-state index in [9.17, 15) is 4.79 Å². The van der Waals surface area contributed by atoms with Gasteiger partial charge < -0.3 is 20.6 Å². The minimum atomic E-state index is -1.01. The Balaban J connectivity index is 0.000000861. The van der Waals surface area contributed by atoms with Crippen molar-refractivity contribution in [1.82, 2.24) is 4.98 Å². The second-order valence-electron chi connectivity index (χ2n) is 3.85. The normalized spacial score (nSPS) is 11.6. The molecule has 0 saturated heterocycles. The molecule has 19 heavy (non-hydrogen) atoms. The van der Waals surface area contributed by atoms with Crippen molar-refractivity contribution < 1.29 is 14.6 Å². The highest BCUT2D eigenvalue weighted by atomic mass is 16.5. The summed E-state index contributed by atoms with van der Waals surface area (Å²) < 4.78 is 5.26. The molecule has 1 heterocycles. The molecular formula is C14H20N2O3. The molecule has 2 aromatic rings. The molecule has 0 bridgehead atoms. The van der Waals surface area contributed by atoms with Gasteiger partial charge in [0.05, 0.1) is 7.11 Å². The minimum Gasteiger partial charge on any atom is -0.496 e. The summed E-state index contributed by atoms with van der Waals surface area (Å²) in [5.41, 5.74) is 7.30. The van der Waals surface area contributed by atoms with Crippen LogP contribution in [0.4, 0.5) is 0 Å². The van der Waals surface area contributed by atoms with Gasteiger partial charge in [-0.25, -0.2) is 0 Å². The second kappa shape index (κ2) is 6.80. The molecule has 0 spiro atoms. The van der Waals surface area contributed by atoms with E-state index in [0.29, 0.717) is 0 Å². The fraction of sp³-hybridized carbons (Fsp3) is 0.357. The van der Waals surface area contributed by atoms with Crippen LogP contribution >= 0.6 is 0 Å². The van der Waals surface area contributed by atoms with Crippen molar-refractivity contribution >= 4 is 16.9 Å². The van der Waals surface area contributed by atoms with Gasteiger partial charge in [-0.3, -0.25) is 4.79 Å². The molecule has 5 nitrogen and oxygen atoms in total. The van der Waals surface area contributed by atoms with E-state index in [0.717, 1.165) is 22.2 Å². The molecule has 0 fully saturated rings. The number of carboxylic acids is 1. The smallest absolute Gasteiger partial charge is 0.320 e. The third kappa shape index (κ3) is 3.26. The highest BCUT2D eigenvalue weighted by Crippen LogP contribution is 2.29. The van der Waals surface area contributed by atoms with Crippen molar-refractivity contribution in [3.8, 4) is 5.75 Å². The monoisotopic (exact) mass is 264 g/mol. The fourth-order valence-corrected chi connectivity index (χ4v) is 1.87. The molecule has 1 aromatic heterocycles. The van der Waals surface area contributed by atoms with Crippen LogP contribution in [-0.4, -0.2) is 29.2 Å². The number of hydrogen-bond acceptors (Lipinski definition) is 3. The lowest BCUT2D eigenvalue weighted by atomic mass is 10.1. The van der Waals surface area contributed by atoms with Crippen LogP contribution in [0.15, 0.2) is 24.4 Å². The maximum absolute atomic E-state index is 10.7. The van der Waals surface area contributed by atoms with Crippen molar-refractivity contribution in [3.63, 3.8) is 0 Å². The Hall–Kier alpha value is -2.01. The quantitative estimate of drug-likeness (QED) is 0.789. The molecule has 0 radical (unpaired) electrons. The van der Waals surface area contributed by atoms with Crippen molar-refractivity contribution in [2.24, 2.45) is 5.73 Å². The zero-order valence-corrected chi connectivity index (χ0v) is 11.4. The van der Waals surface area contributed by atoms with E-state index >= 15 is 0 Å². The third-order valence-corrected chi connectivity index (χ3v) is 2.73. The second-order valence-corrected chi connectivity index (χ2v) is 3.85. The first kappa shape index (κ1) is 15.0. The first-order valence-corrected chi connectivity index (χ1v) is 6.25. The molecule has 1 aromatic carbocycles. The maximum atomic E-state index is 10.7. The summed E-state index contributed by atoms with van der Waals surface area (Å²) >= 11 is 0. The number of aromatic amines is 1. The van der Waals surface area contributed by atoms with Crippen LogP contribution in [-0.2, 0) is 11.2 Å². The summed E-state index contributed by atoms with van der Waals surface area (Å²) in [6.07, 6.45) is 2.05. The summed E-state index contributed by atoms with van der Waals surface area (Å²) in [6, 6.07) is 4.72. The van der Waals surface area contributed by atoms with Crippen LogP contribution in [0.5, 0.6) is 5.75 Å². The molecule has 2 rings (SSSR count). The van der Waals surface area contributed by atoms with Crippen LogP contribution < -0.4 is 10.5 Å². The van der Waals surface area contributed by atoms with Crippen LogP contribution in [0, 0.1) is 0 Å². The van der Waals surface area contributed by atoms with Gasteiger partial charge in [0, 0.05) is 23.5 Å². The Morgan fingerprint density at radius 1 is 1.47 bits per heavy atom. The van der Waals surface area contributed by atoms with Crippen LogP contribution in [0.25, 0.3) is 10.9 Å². The van der Waals surface area contributed by atoms with Gasteiger partial charge in [0.25, 0.3) is 0 Å². The highest BCUT2D eigenvalue weighted by Gasteiger charge is 2.16. The van der Waals surface area contributed by atoms with Crippen molar-refractivity contribution in [2.45, 2.75) is 26.3 Å². The highest BCUT2D eigenvalue weighted by molar-refractivity contribution is 5.90. The van der Waals surface area contributed by atoms with Gasteiger partial charge >= 0.3 is 5.97 Å². The van der Waals surface area contributed by atoms with Crippen molar-refractivity contribution in [3.05, 3.63) is 30.0 Å². The van der Waals surface area contributed by atoms with E-state index in [1.165, 1.54) is 0 Å². The number of hydrogen-bond donors (Lipinski definition) is 3. The molecule has 0 saturated carbocycles. The van der Waals surface area contributed by atoms with Crippen LogP contribution in [0.3, 0.4) is 0 Å². The van der Waals surface area contributed by atoms with E-state index in [1.807, 2.05) is 32.0 Å². The van der Waals surface area contributed by atoms with E-state index in [-0.39, 0.29) is 6.42 Å². The first-order chi connectivity index (χ1) is 9.13. The molecule has 1 unspecified atom stereocenters. The average Bonchev–Trinajstić information content (AvgIpc) is 2.84. The van der Waals surface area contributed by atoms with Crippen molar-refractivity contribution in [1.29, 1.82) is 0 Å². The summed E-state index contributed by atoms with van der Waals surface area (Å²) in [6.45, 7) is 4.00. The van der Waals surface area contributed by atoms with E-state index < -0.39 is 12.0 Å². The fourth-order valence-electron chi connectivity index (χ4n) is 1.87. The van der Waals surface area contributed by atoms with Gasteiger partial charge in [-0.2, -0.15) is 0 Å². The molecule has 104 valence electrons. The number of carboxylic acid groups (broad SMARTS) is 1. The lowest BCUT2D eigenvalue weighted by Gasteiger charge is -2.07. The molecule has 0 aliphatic rings. The van der Waals surface area contributed by atoms with Gasteiger partial charge in [0.2, 0.25) is 0 Å². The van der Waals surface area contributed by atoms with Gasteiger partial charge in [-0.1, -0.05) is 19.9 Å². The molecule has 4 N–H and O–H groups in total. The lowest BCUT2D eigenvalue weighted by molar-refractivity contribution is -0.138. The number of benzene rings is 1. The lowest BCUT2D eigenvalue weighted by Crippen LogP contribution is -2.32. The molecule has 1 atom stereocenters. The number of aliphatic carboxylic acids is 1. The summed E-state index contributed by atoms with van der Waals surface area (Å²) in [4.78, 5) is 13.8. The zero-order chi connectivity index (χ0) is 14.4. The molecular weight excluding hydrogens is 244 g/mol. The zero-order valence-electron chi connectivity index (χ0n) is 11.4. The molecule has 5 heteroatoms. The Labute approximate surface area is 112 Å². The minimum absolute atomic E-state index is 0.274. The number of nitrogens with two attached hydrogens (primary N) is 1. The Morgan fingerprint density at radius 2 is 2.16 bits per heavy atom. The number of nitrogens with one attached hydrogen (secondary N) is 1. The molecule has 0 amide bonds. The van der Waals surface area contributed by atoms with Crippen molar-refractivity contribution in [2.75, 3.05) is 7.11 Å². The first-order valence-electron chi connectivity index (χ1n) is 6.25. The van der Waals surface area contributed by atoms with E-state index in [4.69, 9.17) is 15.6 Å². The van der Waals surface area contributed by atoms with E-state index in [2.05, 4.69) is 4.98 Å². The summed E-state index contributed by atoms with van der Waals surface area (Å²) in [7, 11) is 1.59. The largest absolute Gasteiger partial charge is 0.496 e. The SMILES string of the molecule is CC.COc1cccc2[nH]cc(CC(N)C(=O)O)c12. The number of methoxy groups -OCH3 is 1. The number of ether oxygens (including phenoxy) is 1. The number of rotatable bonds is 4. The van der Waals surface area contributed by atoms with Crippen LogP contribution in [0.2, 0.25) is 0 Å². The third-order valence-electron chi connectivity index (χ3n) is 2.73. The Bertz CT molecular complexity index is 549. The number of carbonyl (C=O) groups is 1. The van der Waals surface area contributed by atoms with Gasteiger partial charge in [0.15, 0.2) is 0 Å². The maximum Gasteiger partial charge on any atom is 0.320 e. The van der Waals surface area contributed by atoms with Gasteiger partial charge in [0.1, 0.15) is 11.8 Å². The summed E-state index contributed by atoms with van der Waals surface area (Å²) in [5, 5.41) is 9.71. The standard InChI is InChI=1S/C12H14N2O3.C2H6/c1-17-10-4-2-3-9-11(10)7(6-14-9)5-8(13)12(15)16;1-2/h2-4,6,8,14H,5,13H2,1H3,(H,15,16);1-2H3. The Morgan fingerprint density at radius 3 is 2.74 bits per heavy atom. The average molecular weight is 264 g/mol. The predicted octanol–water partition coefficient (Wildman–Crippen LogP) is 2.16. The number of aromatic nitrogens is 1. The number of H-pyrrole nitrogens is 1. The number of fused-ring (bicyclic) bond motifs is 1. The summed E-state index contributed by atoms with van der Waals surface area (Å²) in [5.74, 6) is -0.286. The van der Waals surface area contributed by atoms with Gasteiger partial charge in [-0.15, -0.1) is 0 Å². The topological polar surface area (TPSA) is 88.3 Å². The van der Waals surface area contributed by atoms with Crippen LogP contribution in [0.1, 0.15) is 19.4 Å². The van der Waals surface area contributed by atoms with E-state index in [1.54, 1.807) is 13.3 Å². The molecule has 0 aliphatic carbocycles.